The van der Waals surface area contributed by atoms with Crippen molar-refractivity contribution in [2.24, 2.45) is 14.1 Å². The number of benzene rings is 4. The molecule has 0 N–H and O–H groups in total. The van der Waals surface area contributed by atoms with Crippen LogP contribution in [0.3, 0.4) is 0 Å². The van der Waals surface area contributed by atoms with Crippen LogP contribution < -0.4 is 11.2 Å². The minimum absolute atomic E-state index is 0.259. The summed E-state index contributed by atoms with van der Waals surface area (Å²) in [5.74, 6) is 0.692. The topological polar surface area (TPSA) is 61.8 Å². The highest BCUT2D eigenvalue weighted by Crippen LogP contribution is 2.39. The van der Waals surface area contributed by atoms with E-state index in [4.69, 9.17) is 4.98 Å². The number of aromatic nitrogens is 4. The van der Waals surface area contributed by atoms with Gasteiger partial charge in [-0.25, -0.2) is 9.78 Å². The van der Waals surface area contributed by atoms with Crippen molar-refractivity contribution in [1.82, 2.24) is 18.7 Å². The number of imidazole rings is 1. The van der Waals surface area contributed by atoms with Crippen molar-refractivity contribution in [1.29, 1.82) is 0 Å². The van der Waals surface area contributed by atoms with Crippen molar-refractivity contribution in [3.05, 3.63) is 75.4 Å². The number of nitrogens with zero attached hydrogens (tertiary/aromatic N) is 4. The molecule has 0 amide bonds. The van der Waals surface area contributed by atoms with Crippen LogP contribution in [0.25, 0.3) is 54.9 Å². The van der Waals surface area contributed by atoms with Crippen LogP contribution in [0.15, 0.2) is 64.2 Å². The third kappa shape index (κ3) is 3.66. The summed E-state index contributed by atoms with van der Waals surface area (Å²) in [6.45, 7) is 2.64. The van der Waals surface area contributed by atoms with Gasteiger partial charge in [0, 0.05) is 26.2 Å². The molecular formula is C31H32N4O2. The predicted molar refractivity (Wildman–Crippen MR) is 153 cm³/mol. The highest BCUT2D eigenvalue weighted by atomic mass is 16.2. The summed E-state index contributed by atoms with van der Waals surface area (Å²) in [7, 11) is 3.59. The maximum absolute atomic E-state index is 13.6. The van der Waals surface area contributed by atoms with Gasteiger partial charge in [0.05, 0.1) is 0 Å². The minimum Gasteiger partial charge on any atom is -0.321 e. The maximum Gasteiger partial charge on any atom is 0.332 e. The zero-order valence-electron chi connectivity index (χ0n) is 21.8. The molecule has 0 aliphatic carbocycles. The Labute approximate surface area is 215 Å². The van der Waals surface area contributed by atoms with Crippen LogP contribution in [0.1, 0.15) is 45.4 Å². The van der Waals surface area contributed by atoms with E-state index in [1.165, 1.54) is 55.3 Å². The minimum atomic E-state index is -0.300. The molecule has 0 bridgehead atoms. The van der Waals surface area contributed by atoms with Crippen LogP contribution in [0, 0.1) is 0 Å². The number of aryl methyl sites for hydroxylation is 2. The number of fused-ring (bicyclic) bond motifs is 1. The zero-order chi connectivity index (χ0) is 25.7. The fraction of sp³-hybridized carbons (Fsp3) is 0.323. The second kappa shape index (κ2) is 9.18. The monoisotopic (exact) mass is 492 g/mol. The van der Waals surface area contributed by atoms with Gasteiger partial charge in [-0.15, -0.1) is 0 Å². The lowest BCUT2D eigenvalue weighted by molar-refractivity contribution is 0.526. The van der Waals surface area contributed by atoms with Crippen LogP contribution >= 0.6 is 0 Å². The molecule has 2 aromatic heterocycles. The first-order valence-corrected chi connectivity index (χ1v) is 13.3. The third-order valence-electron chi connectivity index (χ3n) is 7.86. The van der Waals surface area contributed by atoms with Gasteiger partial charge in [-0.05, 0) is 38.7 Å². The molecular weight excluding hydrogens is 460 g/mol. The van der Waals surface area contributed by atoms with Crippen molar-refractivity contribution < 1.29 is 0 Å². The molecule has 4 aromatic carbocycles. The van der Waals surface area contributed by atoms with Crippen LogP contribution in [0.4, 0.5) is 0 Å². The highest BCUT2D eigenvalue weighted by Gasteiger charge is 2.21. The van der Waals surface area contributed by atoms with E-state index in [1.54, 1.807) is 7.05 Å². The van der Waals surface area contributed by atoms with E-state index in [1.807, 2.05) is 11.6 Å². The van der Waals surface area contributed by atoms with E-state index in [2.05, 4.69) is 61.5 Å². The Morgan fingerprint density at radius 2 is 1.38 bits per heavy atom. The van der Waals surface area contributed by atoms with Crippen LogP contribution in [-0.2, 0) is 20.6 Å². The summed E-state index contributed by atoms with van der Waals surface area (Å²) in [5, 5.41) is 7.13. The Morgan fingerprint density at radius 3 is 2.14 bits per heavy atom. The van der Waals surface area contributed by atoms with Crippen molar-refractivity contribution in [3.8, 4) is 11.4 Å². The van der Waals surface area contributed by atoms with Gasteiger partial charge in [0.25, 0.3) is 5.56 Å². The number of rotatable bonds is 8. The molecule has 0 atom stereocenters. The fourth-order valence-corrected chi connectivity index (χ4v) is 5.86. The molecule has 2 heterocycles. The lowest BCUT2D eigenvalue weighted by Gasteiger charge is -2.13. The van der Waals surface area contributed by atoms with Crippen molar-refractivity contribution in [2.75, 3.05) is 0 Å². The summed E-state index contributed by atoms with van der Waals surface area (Å²) in [5.41, 5.74) is 1.29. The fourth-order valence-electron chi connectivity index (χ4n) is 5.86. The Hall–Kier alpha value is -3.93. The summed E-state index contributed by atoms with van der Waals surface area (Å²) in [4.78, 5) is 31.6. The third-order valence-corrected chi connectivity index (χ3v) is 7.86. The Kier molecular flexibility index (Phi) is 5.82. The van der Waals surface area contributed by atoms with Crippen molar-refractivity contribution in [3.63, 3.8) is 0 Å². The molecule has 0 aliphatic heterocycles. The molecule has 0 saturated heterocycles. The normalized spacial score (nSPS) is 12.1. The highest BCUT2D eigenvalue weighted by molar-refractivity contribution is 6.25. The lowest BCUT2D eigenvalue weighted by Crippen LogP contribution is -2.39. The average molecular weight is 493 g/mol. The van der Waals surface area contributed by atoms with Crippen molar-refractivity contribution in [2.45, 2.75) is 52.0 Å². The second-order valence-electron chi connectivity index (χ2n) is 10.2. The lowest BCUT2D eigenvalue weighted by atomic mass is 9.92. The summed E-state index contributed by atoms with van der Waals surface area (Å²) in [6.07, 6.45) is 6.61. The molecule has 188 valence electrons. The summed E-state index contributed by atoms with van der Waals surface area (Å²) < 4.78 is 4.77. The van der Waals surface area contributed by atoms with Gasteiger partial charge in [-0.1, -0.05) is 93.6 Å². The molecule has 0 fully saturated rings. The van der Waals surface area contributed by atoms with Gasteiger partial charge in [-0.3, -0.25) is 13.9 Å². The van der Waals surface area contributed by atoms with Gasteiger partial charge in [0.2, 0.25) is 0 Å². The van der Waals surface area contributed by atoms with E-state index in [9.17, 15) is 9.59 Å². The van der Waals surface area contributed by atoms with Gasteiger partial charge >= 0.3 is 5.69 Å². The van der Waals surface area contributed by atoms with E-state index in [0.717, 1.165) is 30.2 Å². The second-order valence-corrected chi connectivity index (χ2v) is 10.2. The van der Waals surface area contributed by atoms with Gasteiger partial charge in [0.1, 0.15) is 5.82 Å². The van der Waals surface area contributed by atoms with Gasteiger partial charge < -0.3 is 4.57 Å². The molecule has 0 spiro atoms. The molecule has 0 aliphatic rings. The largest absolute Gasteiger partial charge is 0.332 e. The van der Waals surface area contributed by atoms with E-state index >= 15 is 0 Å². The van der Waals surface area contributed by atoms with Gasteiger partial charge in [0.15, 0.2) is 11.2 Å². The molecule has 6 aromatic rings. The average Bonchev–Trinajstić information content (AvgIpc) is 3.26. The number of hydrogen-bond acceptors (Lipinski definition) is 3. The number of hydrogen-bond donors (Lipinski definition) is 0. The molecule has 0 unspecified atom stereocenters. The standard InChI is InChI=1S/C31H32N4O2/c1-4-5-6-7-8-9-19-35-30(36)27-29(34(3)31(35)37)32-28(33(27)2)24-18-16-22-14-13-20-11-10-12-21-15-17-23(24)26(22)25(20)21/h10-18H,4-9,19H2,1-3H3. The molecule has 6 nitrogen and oxygen atoms in total. The zero-order valence-corrected chi connectivity index (χ0v) is 21.8. The smallest absolute Gasteiger partial charge is 0.321 e. The van der Waals surface area contributed by atoms with Crippen LogP contribution in [-0.4, -0.2) is 18.7 Å². The van der Waals surface area contributed by atoms with Crippen LogP contribution in [0.2, 0.25) is 0 Å². The van der Waals surface area contributed by atoms with E-state index in [0.29, 0.717) is 23.5 Å². The first-order valence-electron chi connectivity index (χ1n) is 13.3. The quantitative estimate of drug-likeness (QED) is 0.183. The molecule has 37 heavy (non-hydrogen) atoms. The van der Waals surface area contributed by atoms with Crippen LogP contribution in [0.5, 0.6) is 0 Å². The van der Waals surface area contributed by atoms with Crippen molar-refractivity contribution >= 4 is 43.5 Å². The summed E-state index contributed by atoms with van der Waals surface area (Å²) >= 11 is 0. The number of unbranched alkanes of at least 4 members (excludes halogenated alkanes) is 5. The summed E-state index contributed by atoms with van der Waals surface area (Å²) in [6, 6.07) is 19.2. The molecule has 6 rings (SSSR count). The molecule has 6 heteroatoms. The Bertz CT molecular complexity index is 1870. The Morgan fingerprint density at radius 1 is 0.730 bits per heavy atom. The van der Waals surface area contributed by atoms with Gasteiger partial charge in [-0.2, -0.15) is 0 Å². The molecule has 0 radical (unpaired) electrons. The first-order chi connectivity index (χ1) is 18.0. The first kappa shape index (κ1) is 23.5. The van der Waals surface area contributed by atoms with E-state index < -0.39 is 0 Å². The SMILES string of the molecule is CCCCCCCCn1c(=O)c2c(nc(-c3ccc4ccc5cccc6ccc3c4c56)n2C)n(C)c1=O. The maximum atomic E-state index is 13.6. The Balaban J connectivity index is 1.50. The van der Waals surface area contributed by atoms with E-state index in [-0.39, 0.29) is 11.2 Å². The molecule has 0 saturated carbocycles. The predicted octanol–water partition coefficient (Wildman–Crippen LogP) is 6.36.